The van der Waals surface area contributed by atoms with Crippen LogP contribution < -0.4 is 10.2 Å². The van der Waals surface area contributed by atoms with Gasteiger partial charge in [-0.2, -0.15) is 0 Å². The maximum atomic E-state index is 13.0. The fourth-order valence-electron chi connectivity index (χ4n) is 3.00. The van der Waals surface area contributed by atoms with E-state index in [0.29, 0.717) is 0 Å². The molecule has 4 nitrogen and oxygen atoms in total. The quantitative estimate of drug-likeness (QED) is 0.841. The highest BCUT2D eigenvalue weighted by Gasteiger charge is 2.25. The van der Waals surface area contributed by atoms with Crippen LogP contribution in [0.3, 0.4) is 0 Å². The van der Waals surface area contributed by atoms with Crippen molar-refractivity contribution in [3.8, 4) is 0 Å². The molecule has 2 aromatic rings. The molecule has 1 N–H and O–H groups in total. The number of carbonyl (C=O) groups is 1. The van der Waals surface area contributed by atoms with Gasteiger partial charge in [0, 0.05) is 42.0 Å². The van der Waals surface area contributed by atoms with Crippen molar-refractivity contribution in [3.63, 3.8) is 0 Å². The van der Waals surface area contributed by atoms with E-state index in [1.54, 1.807) is 12.1 Å². The van der Waals surface area contributed by atoms with Crippen molar-refractivity contribution in [3.05, 3.63) is 58.8 Å². The number of piperazine rings is 1. The molecule has 0 unspecified atom stereocenters. The highest BCUT2D eigenvalue weighted by atomic mass is 79.9. The zero-order valence-corrected chi connectivity index (χ0v) is 15.7. The number of hydrogen-bond donors (Lipinski definition) is 1. The predicted molar refractivity (Wildman–Crippen MR) is 102 cm³/mol. The van der Waals surface area contributed by atoms with Gasteiger partial charge in [0.25, 0.3) is 0 Å². The molecule has 25 heavy (non-hydrogen) atoms. The second-order valence-electron chi connectivity index (χ2n) is 6.18. The van der Waals surface area contributed by atoms with Crippen molar-refractivity contribution in [2.45, 2.75) is 13.0 Å². The molecule has 2 aromatic carbocycles. The molecule has 1 fully saturated rings. The smallest absolute Gasteiger partial charge is 0.241 e. The van der Waals surface area contributed by atoms with Crippen molar-refractivity contribution in [2.75, 3.05) is 36.4 Å². The Morgan fingerprint density at radius 2 is 1.80 bits per heavy atom. The Kier molecular flexibility index (Phi) is 5.71. The Bertz CT molecular complexity index is 730. The molecule has 0 saturated carbocycles. The van der Waals surface area contributed by atoms with Gasteiger partial charge in [0.05, 0.1) is 6.04 Å². The van der Waals surface area contributed by atoms with Gasteiger partial charge in [0.1, 0.15) is 5.82 Å². The monoisotopic (exact) mass is 405 g/mol. The summed E-state index contributed by atoms with van der Waals surface area (Å²) in [6.45, 7) is 5.16. The van der Waals surface area contributed by atoms with Crippen molar-refractivity contribution < 1.29 is 9.18 Å². The van der Waals surface area contributed by atoms with Gasteiger partial charge in [0.2, 0.25) is 5.91 Å². The zero-order valence-electron chi connectivity index (χ0n) is 14.1. The lowest BCUT2D eigenvalue weighted by atomic mass is 10.2. The van der Waals surface area contributed by atoms with E-state index in [4.69, 9.17) is 0 Å². The second-order valence-corrected chi connectivity index (χ2v) is 7.09. The number of rotatable bonds is 4. The standard InChI is InChI=1S/C19H21BrFN3O/c1-14(19(25)22-17-4-2-3-15(20)13-17)23-9-11-24(12-10-23)18-7-5-16(21)6-8-18/h2-8,13-14H,9-12H2,1H3,(H,22,25)/t14-/m0/s1. The van der Waals surface area contributed by atoms with E-state index in [9.17, 15) is 9.18 Å². The van der Waals surface area contributed by atoms with Crippen molar-refractivity contribution in [1.82, 2.24) is 4.90 Å². The molecule has 1 heterocycles. The third kappa shape index (κ3) is 4.58. The zero-order chi connectivity index (χ0) is 17.8. The molecule has 0 spiro atoms. The lowest BCUT2D eigenvalue weighted by molar-refractivity contribution is -0.120. The van der Waals surface area contributed by atoms with E-state index in [1.807, 2.05) is 31.2 Å². The van der Waals surface area contributed by atoms with Gasteiger partial charge in [0.15, 0.2) is 0 Å². The van der Waals surface area contributed by atoms with Gasteiger partial charge >= 0.3 is 0 Å². The van der Waals surface area contributed by atoms with Crippen LogP contribution in [0.1, 0.15) is 6.92 Å². The van der Waals surface area contributed by atoms with Crippen molar-refractivity contribution >= 4 is 33.2 Å². The topological polar surface area (TPSA) is 35.6 Å². The van der Waals surface area contributed by atoms with Crippen LogP contribution in [0, 0.1) is 5.82 Å². The third-order valence-corrected chi connectivity index (χ3v) is 5.02. The average Bonchev–Trinajstić information content (AvgIpc) is 2.62. The van der Waals surface area contributed by atoms with Gasteiger partial charge in [-0.15, -0.1) is 0 Å². The summed E-state index contributed by atoms with van der Waals surface area (Å²) in [4.78, 5) is 16.9. The molecule has 1 aliphatic rings. The highest BCUT2D eigenvalue weighted by molar-refractivity contribution is 9.10. The molecule has 1 aliphatic heterocycles. The summed E-state index contributed by atoms with van der Waals surface area (Å²) >= 11 is 3.41. The van der Waals surface area contributed by atoms with Crippen LogP contribution in [0.2, 0.25) is 0 Å². The van der Waals surface area contributed by atoms with Gasteiger partial charge in [-0.1, -0.05) is 22.0 Å². The van der Waals surface area contributed by atoms with E-state index < -0.39 is 0 Å². The van der Waals surface area contributed by atoms with Crippen LogP contribution in [-0.4, -0.2) is 43.0 Å². The lowest BCUT2D eigenvalue weighted by Crippen LogP contribution is -2.52. The molecule has 0 radical (unpaired) electrons. The molecule has 0 bridgehead atoms. The van der Waals surface area contributed by atoms with Crippen LogP contribution in [-0.2, 0) is 4.79 Å². The lowest BCUT2D eigenvalue weighted by Gasteiger charge is -2.38. The minimum Gasteiger partial charge on any atom is -0.369 e. The van der Waals surface area contributed by atoms with E-state index in [0.717, 1.165) is 42.0 Å². The number of halogens is 2. The maximum absolute atomic E-state index is 13.0. The summed E-state index contributed by atoms with van der Waals surface area (Å²) < 4.78 is 14.0. The largest absolute Gasteiger partial charge is 0.369 e. The molecule has 0 aromatic heterocycles. The highest BCUT2D eigenvalue weighted by Crippen LogP contribution is 2.19. The van der Waals surface area contributed by atoms with E-state index in [-0.39, 0.29) is 17.8 Å². The summed E-state index contributed by atoms with van der Waals surface area (Å²) in [5, 5.41) is 2.96. The SMILES string of the molecule is C[C@@H](C(=O)Nc1cccc(Br)c1)N1CCN(c2ccc(F)cc2)CC1. The summed E-state index contributed by atoms with van der Waals surface area (Å²) in [7, 11) is 0. The minimum atomic E-state index is -0.222. The van der Waals surface area contributed by atoms with Gasteiger partial charge in [-0.05, 0) is 49.4 Å². The van der Waals surface area contributed by atoms with Gasteiger partial charge in [-0.25, -0.2) is 4.39 Å². The minimum absolute atomic E-state index is 0.00617. The summed E-state index contributed by atoms with van der Waals surface area (Å²) in [5.74, 6) is -0.228. The molecule has 1 amide bonds. The van der Waals surface area contributed by atoms with Crippen molar-refractivity contribution in [1.29, 1.82) is 0 Å². The van der Waals surface area contributed by atoms with Crippen LogP contribution >= 0.6 is 15.9 Å². The molecular formula is C19H21BrFN3O. The number of hydrogen-bond acceptors (Lipinski definition) is 3. The van der Waals surface area contributed by atoms with Gasteiger partial charge in [-0.3, -0.25) is 9.69 Å². The Morgan fingerprint density at radius 3 is 2.44 bits per heavy atom. The number of nitrogens with zero attached hydrogens (tertiary/aromatic N) is 2. The summed E-state index contributed by atoms with van der Waals surface area (Å²) in [6, 6.07) is 13.9. The number of benzene rings is 2. The normalized spacial score (nSPS) is 16.5. The average molecular weight is 406 g/mol. The van der Waals surface area contributed by atoms with E-state index >= 15 is 0 Å². The molecular weight excluding hydrogens is 385 g/mol. The van der Waals surface area contributed by atoms with Crippen molar-refractivity contribution in [2.24, 2.45) is 0 Å². The van der Waals surface area contributed by atoms with Crippen LogP contribution in [0.15, 0.2) is 53.0 Å². The Hall–Kier alpha value is -1.92. The maximum Gasteiger partial charge on any atom is 0.241 e. The van der Waals surface area contributed by atoms with Crippen LogP contribution in [0.25, 0.3) is 0 Å². The molecule has 132 valence electrons. The van der Waals surface area contributed by atoms with E-state index in [1.165, 1.54) is 12.1 Å². The summed E-state index contributed by atoms with van der Waals surface area (Å²) in [6.07, 6.45) is 0. The Labute approximate surface area is 155 Å². The molecule has 0 aliphatic carbocycles. The Balaban J connectivity index is 1.54. The number of carbonyl (C=O) groups excluding carboxylic acids is 1. The molecule has 1 saturated heterocycles. The van der Waals surface area contributed by atoms with Crippen LogP contribution in [0.5, 0.6) is 0 Å². The predicted octanol–water partition coefficient (Wildman–Crippen LogP) is 3.74. The Morgan fingerprint density at radius 1 is 1.12 bits per heavy atom. The number of anilines is 2. The number of nitrogens with one attached hydrogen (secondary N) is 1. The summed E-state index contributed by atoms with van der Waals surface area (Å²) in [5.41, 5.74) is 1.81. The van der Waals surface area contributed by atoms with E-state index in [2.05, 4.69) is 31.0 Å². The number of amides is 1. The van der Waals surface area contributed by atoms with Crippen LogP contribution in [0.4, 0.5) is 15.8 Å². The van der Waals surface area contributed by atoms with Gasteiger partial charge < -0.3 is 10.2 Å². The first-order chi connectivity index (χ1) is 12.0. The molecule has 6 heteroatoms. The third-order valence-electron chi connectivity index (χ3n) is 4.53. The first-order valence-electron chi connectivity index (χ1n) is 8.34. The fraction of sp³-hybridized carbons (Fsp3) is 0.316. The first-order valence-corrected chi connectivity index (χ1v) is 9.13. The second kappa shape index (κ2) is 7.97. The molecule has 3 rings (SSSR count). The first kappa shape index (κ1) is 17.9. The molecule has 1 atom stereocenters. The fourth-order valence-corrected chi connectivity index (χ4v) is 3.40.